The molecule has 2 aromatic rings. The van der Waals surface area contributed by atoms with Gasteiger partial charge in [-0.05, 0) is 48.9 Å². The molecule has 186 valence electrons. The Labute approximate surface area is 203 Å². The highest BCUT2D eigenvalue weighted by molar-refractivity contribution is 7.86. The molecule has 0 bridgehead atoms. The predicted molar refractivity (Wildman–Crippen MR) is 125 cm³/mol. The van der Waals surface area contributed by atoms with Crippen molar-refractivity contribution in [2.75, 3.05) is 5.73 Å². The number of hydrogen-bond donors (Lipinski definition) is 5. The van der Waals surface area contributed by atoms with Gasteiger partial charge in [-0.1, -0.05) is 6.07 Å². The zero-order valence-electron chi connectivity index (χ0n) is 18.1. The van der Waals surface area contributed by atoms with Gasteiger partial charge >= 0.3 is 5.97 Å². The van der Waals surface area contributed by atoms with Gasteiger partial charge in [0.1, 0.15) is 0 Å². The van der Waals surface area contributed by atoms with E-state index in [9.17, 15) is 40.6 Å². The normalized spacial score (nSPS) is 12.2. The largest absolute Gasteiger partial charge is 0.478 e. The molecular formula is C22H16N2O10S2. The number of anilines is 1. The molecule has 1 heterocycles. The number of nitrogen functional groups attached to an aromatic ring is 1. The molecular weight excluding hydrogens is 516 g/mol. The Morgan fingerprint density at radius 2 is 1.56 bits per heavy atom. The first-order chi connectivity index (χ1) is 16.6. The van der Waals surface area contributed by atoms with Crippen molar-refractivity contribution in [3.8, 4) is 22.5 Å². The predicted octanol–water partition coefficient (Wildman–Crippen LogP) is 2.66. The van der Waals surface area contributed by atoms with Crippen LogP contribution in [0.4, 0.5) is 5.69 Å². The van der Waals surface area contributed by atoms with Crippen molar-refractivity contribution >= 4 is 48.6 Å². The summed E-state index contributed by atoms with van der Waals surface area (Å²) in [5.74, 6) is -2.57. The summed E-state index contributed by atoms with van der Waals surface area (Å²) in [4.78, 5) is 22.2. The minimum atomic E-state index is -5.13. The average Bonchev–Trinajstić information content (AvgIpc) is 2.74. The van der Waals surface area contributed by atoms with Gasteiger partial charge in [0.05, 0.1) is 16.6 Å². The second-order valence-electron chi connectivity index (χ2n) is 7.73. The van der Waals surface area contributed by atoms with Crippen LogP contribution in [0.15, 0.2) is 56.7 Å². The Kier molecular flexibility index (Phi) is 5.72. The van der Waals surface area contributed by atoms with Crippen LogP contribution in [0.3, 0.4) is 0 Å². The highest BCUT2D eigenvalue weighted by Gasteiger charge is 2.31. The maximum Gasteiger partial charge on any atom is 0.336 e. The Bertz CT molecular complexity index is 1870. The molecule has 1 aliphatic carbocycles. The van der Waals surface area contributed by atoms with Crippen molar-refractivity contribution in [1.82, 2.24) is 0 Å². The van der Waals surface area contributed by atoms with Gasteiger partial charge in [-0.25, -0.2) is 4.79 Å². The molecule has 0 amide bonds. The number of rotatable bonds is 5. The second kappa shape index (κ2) is 8.23. The monoisotopic (exact) mass is 532 g/mol. The van der Waals surface area contributed by atoms with Crippen molar-refractivity contribution < 1.29 is 45.1 Å². The summed E-state index contributed by atoms with van der Waals surface area (Å²) in [6.07, 6.45) is 0. The van der Waals surface area contributed by atoms with Gasteiger partial charge in [0.2, 0.25) is 0 Å². The summed E-state index contributed by atoms with van der Waals surface area (Å²) in [6.45, 7) is 1.23. The van der Waals surface area contributed by atoms with Gasteiger partial charge in [0.15, 0.2) is 26.9 Å². The molecule has 2 aliphatic rings. The van der Waals surface area contributed by atoms with Crippen LogP contribution in [0.5, 0.6) is 0 Å². The Morgan fingerprint density at radius 3 is 2.11 bits per heavy atom. The zero-order valence-corrected chi connectivity index (χ0v) is 19.8. The minimum absolute atomic E-state index is 0.0784. The third kappa shape index (κ3) is 4.01. The number of aromatic carboxylic acids is 1. The number of nitrogens with one attached hydrogen (secondary N) is 1. The van der Waals surface area contributed by atoms with Gasteiger partial charge in [-0.15, -0.1) is 0 Å². The number of benzene rings is 3. The van der Waals surface area contributed by atoms with E-state index in [1.807, 2.05) is 0 Å². The van der Waals surface area contributed by atoms with Crippen molar-refractivity contribution in [3.63, 3.8) is 0 Å². The van der Waals surface area contributed by atoms with Crippen molar-refractivity contribution in [2.24, 2.45) is 0 Å². The molecule has 0 radical (unpaired) electrons. The third-order valence-electron chi connectivity index (χ3n) is 5.44. The standard InChI is InChI=1S/C22H16N2O10S2/c1-9(25)10-2-3-11(22(26)27)14(8-10)17-12-4-6-15(23)20(35(28,29)30)18(12)34-19-13(17)5-7-16(24)21(19)36(31,32)33/h2-8,23H,24H2,1H3,(H,26,27)(H,28,29,30)(H,31,32,33). The first kappa shape index (κ1) is 25.0. The topological polar surface area (TPSA) is 226 Å². The van der Waals surface area contributed by atoms with Gasteiger partial charge in [0.25, 0.3) is 20.2 Å². The number of carbonyl (C=O) groups excluding carboxylic acids is 1. The molecule has 6 N–H and O–H groups in total. The van der Waals surface area contributed by atoms with Crippen LogP contribution in [0.1, 0.15) is 27.6 Å². The smallest absolute Gasteiger partial charge is 0.336 e. The van der Waals surface area contributed by atoms with Crippen molar-refractivity contribution in [3.05, 3.63) is 58.9 Å². The fourth-order valence-electron chi connectivity index (χ4n) is 3.95. The molecule has 0 aromatic heterocycles. The van der Waals surface area contributed by atoms with Gasteiger partial charge in [-0.3, -0.25) is 19.3 Å². The Balaban J connectivity index is 2.41. The van der Waals surface area contributed by atoms with E-state index in [0.29, 0.717) is 0 Å². The molecule has 14 heteroatoms. The maximum absolute atomic E-state index is 12.2. The van der Waals surface area contributed by atoms with E-state index in [-0.39, 0.29) is 33.2 Å². The van der Waals surface area contributed by atoms with E-state index < -0.39 is 64.2 Å². The first-order valence-electron chi connectivity index (χ1n) is 9.83. The summed E-state index contributed by atoms with van der Waals surface area (Å²) in [7, 11) is -10.2. The maximum atomic E-state index is 12.2. The lowest BCUT2D eigenvalue weighted by Crippen LogP contribution is -2.16. The van der Waals surface area contributed by atoms with Crippen LogP contribution in [-0.2, 0) is 20.2 Å². The van der Waals surface area contributed by atoms with Crippen LogP contribution in [0, 0.1) is 5.41 Å². The first-order valence-corrected chi connectivity index (χ1v) is 12.7. The molecule has 12 nitrogen and oxygen atoms in total. The van der Waals surface area contributed by atoms with E-state index in [0.717, 1.165) is 18.2 Å². The summed E-state index contributed by atoms with van der Waals surface area (Å²) in [5.41, 5.74) is 3.96. The number of carboxylic acids is 1. The van der Waals surface area contributed by atoms with Crippen molar-refractivity contribution in [2.45, 2.75) is 16.7 Å². The molecule has 0 spiro atoms. The van der Waals surface area contributed by atoms with Crippen LogP contribution in [-0.4, -0.2) is 42.8 Å². The number of hydrogen-bond acceptors (Lipinski definition) is 9. The van der Waals surface area contributed by atoms with Crippen LogP contribution in [0.2, 0.25) is 0 Å². The average molecular weight is 533 g/mol. The minimum Gasteiger partial charge on any atom is -0.478 e. The number of ketones is 1. The lowest BCUT2D eigenvalue weighted by Gasteiger charge is -2.20. The van der Waals surface area contributed by atoms with Crippen LogP contribution < -0.4 is 11.1 Å². The van der Waals surface area contributed by atoms with Gasteiger partial charge in [-0.2, -0.15) is 16.8 Å². The molecule has 2 aromatic carbocycles. The van der Waals surface area contributed by atoms with Crippen molar-refractivity contribution in [1.29, 1.82) is 5.41 Å². The SMILES string of the molecule is CC(=O)c1ccc(C(=O)O)c(-c2c3ccc(=N)c(S(=O)(=O)O)c-3oc3c(S(=O)(=O)O)c(N)ccc23)c1. The number of nitrogens with two attached hydrogens (primary N) is 1. The Hall–Kier alpha value is -4.11. The molecule has 1 aliphatic heterocycles. The zero-order chi connectivity index (χ0) is 26.7. The molecule has 0 saturated carbocycles. The third-order valence-corrected chi connectivity index (χ3v) is 7.30. The number of carboxylic acid groups (broad SMARTS) is 1. The summed E-state index contributed by atoms with van der Waals surface area (Å²) in [5, 5.41) is 17.0. The summed E-state index contributed by atoms with van der Waals surface area (Å²) in [6, 6.07) is 8.19. The molecule has 0 unspecified atom stereocenters. The van der Waals surface area contributed by atoms with Crippen LogP contribution >= 0.6 is 0 Å². The quantitative estimate of drug-likeness (QED) is 0.109. The van der Waals surface area contributed by atoms with E-state index in [4.69, 9.17) is 15.6 Å². The lowest BCUT2D eigenvalue weighted by atomic mass is 9.89. The molecule has 4 rings (SSSR count). The van der Waals surface area contributed by atoms with Crippen LogP contribution in [0.25, 0.3) is 33.4 Å². The Morgan fingerprint density at radius 1 is 0.917 bits per heavy atom. The molecule has 0 atom stereocenters. The molecule has 0 saturated heterocycles. The highest BCUT2D eigenvalue weighted by atomic mass is 32.2. The number of carbonyl (C=O) groups is 2. The summed E-state index contributed by atoms with van der Waals surface area (Å²) >= 11 is 0. The van der Waals surface area contributed by atoms with Gasteiger partial charge < -0.3 is 15.3 Å². The summed E-state index contributed by atoms with van der Waals surface area (Å²) < 4.78 is 73.9. The molecule has 36 heavy (non-hydrogen) atoms. The fraction of sp³-hybridized carbons (Fsp3) is 0.0455. The lowest BCUT2D eigenvalue weighted by molar-refractivity contribution is 0.0697. The van der Waals surface area contributed by atoms with E-state index in [1.54, 1.807) is 0 Å². The van der Waals surface area contributed by atoms with E-state index in [1.165, 1.54) is 31.2 Å². The van der Waals surface area contributed by atoms with E-state index in [2.05, 4.69) is 0 Å². The highest BCUT2D eigenvalue weighted by Crippen LogP contribution is 2.45. The number of Topliss-reactive ketones (excluding diaryl/α,β-unsaturated/α-hetero) is 1. The fourth-order valence-corrected chi connectivity index (χ4v) is 5.44. The molecule has 0 fully saturated rings. The van der Waals surface area contributed by atoms with Gasteiger partial charge in [0, 0.05) is 22.1 Å². The second-order valence-corrected chi connectivity index (χ2v) is 10.4. The van der Waals surface area contributed by atoms with E-state index >= 15 is 0 Å². The number of fused-ring (bicyclic) bond motifs is 2.